The Morgan fingerprint density at radius 1 is 0.755 bits per heavy atom. The summed E-state index contributed by atoms with van der Waals surface area (Å²) in [5.41, 5.74) is 15.1. The molecule has 4 aliphatic rings. The van der Waals surface area contributed by atoms with Crippen molar-refractivity contribution in [3.8, 4) is 11.5 Å². The molecule has 262 valence electrons. The molecule has 0 bridgehead atoms. The minimum Gasteiger partial charge on any atom is -0.490 e. The van der Waals surface area contributed by atoms with E-state index < -0.39 is 0 Å². The zero-order valence-corrected chi connectivity index (χ0v) is 29.7. The summed E-state index contributed by atoms with van der Waals surface area (Å²) in [6.07, 6.45) is 11.1. The Morgan fingerprint density at radius 2 is 1.39 bits per heavy atom. The number of carbonyl (C=O) groups is 1. The Bertz CT molecular complexity index is 1560. The molecule has 0 aromatic heterocycles. The second-order valence-corrected chi connectivity index (χ2v) is 16.4. The lowest BCUT2D eigenvalue weighted by molar-refractivity contribution is -0.164. The van der Waals surface area contributed by atoms with Gasteiger partial charge in [-0.05, 0) is 152 Å². The maximum atomic E-state index is 12.7. The monoisotopic (exact) mass is 664 g/mol. The Labute approximate surface area is 293 Å². The molecule has 0 aliphatic heterocycles. The van der Waals surface area contributed by atoms with E-state index in [2.05, 4.69) is 20.8 Å². The summed E-state index contributed by atoms with van der Waals surface area (Å²) < 4.78 is 19.2. The second-order valence-electron chi connectivity index (χ2n) is 16.4. The van der Waals surface area contributed by atoms with Crippen LogP contribution in [0.1, 0.15) is 90.5 Å². The van der Waals surface area contributed by atoms with Crippen LogP contribution in [0.25, 0.3) is 0 Å². The maximum Gasteiger partial charge on any atom is 0.306 e. The van der Waals surface area contributed by atoms with Crippen LogP contribution in [0.4, 0.5) is 11.4 Å². The number of rotatable bonds is 10. The minimum absolute atomic E-state index is 0.0796. The van der Waals surface area contributed by atoms with Gasteiger partial charge in [0.15, 0.2) is 0 Å². The third kappa shape index (κ3) is 6.90. The fourth-order valence-electron chi connectivity index (χ4n) is 11.3. The molecule has 0 amide bonds. The van der Waals surface area contributed by atoms with Crippen molar-refractivity contribution in [1.82, 2.24) is 0 Å². The Hall–Kier alpha value is -3.67. The van der Waals surface area contributed by atoms with Crippen LogP contribution in [0.5, 0.6) is 11.5 Å². The molecule has 4 aliphatic carbocycles. The van der Waals surface area contributed by atoms with Gasteiger partial charge in [-0.3, -0.25) is 4.79 Å². The van der Waals surface area contributed by atoms with E-state index in [0.717, 1.165) is 60.5 Å². The van der Waals surface area contributed by atoms with Crippen molar-refractivity contribution < 1.29 is 19.0 Å². The highest BCUT2D eigenvalue weighted by Crippen LogP contribution is 2.68. The van der Waals surface area contributed by atoms with Crippen LogP contribution in [0.3, 0.4) is 0 Å². The molecule has 10 atom stereocenters. The lowest BCUT2D eigenvalue weighted by atomic mass is 9.43. The summed E-state index contributed by atoms with van der Waals surface area (Å²) >= 11 is 0. The molecule has 4 N–H and O–H groups in total. The molecule has 3 aromatic rings. The molecular formula is C43H56N2O4. The number of nitrogen functional groups attached to an aromatic ring is 2. The number of carbonyl (C=O) groups excluding carboxylic acids is 1. The fraction of sp³-hybridized carbons (Fsp3) is 0.558. The molecule has 4 saturated carbocycles. The third-order valence-electron chi connectivity index (χ3n) is 13.8. The van der Waals surface area contributed by atoms with Gasteiger partial charge in [0.25, 0.3) is 0 Å². The van der Waals surface area contributed by atoms with Gasteiger partial charge < -0.3 is 25.7 Å². The van der Waals surface area contributed by atoms with Crippen LogP contribution >= 0.6 is 0 Å². The average molecular weight is 665 g/mol. The third-order valence-corrected chi connectivity index (χ3v) is 13.8. The summed E-state index contributed by atoms with van der Waals surface area (Å²) in [6, 6.07) is 25.8. The van der Waals surface area contributed by atoms with Crippen molar-refractivity contribution >= 4 is 17.3 Å². The maximum absolute atomic E-state index is 12.7. The zero-order chi connectivity index (χ0) is 34.2. The van der Waals surface area contributed by atoms with Gasteiger partial charge in [0, 0.05) is 23.7 Å². The molecule has 0 radical (unpaired) electrons. The molecule has 6 heteroatoms. The van der Waals surface area contributed by atoms with Gasteiger partial charge in [0.05, 0.1) is 6.10 Å². The molecule has 0 spiro atoms. The summed E-state index contributed by atoms with van der Waals surface area (Å²) in [5.74, 6) is 5.29. The van der Waals surface area contributed by atoms with Gasteiger partial charge in [0.2, 0.25) is 0 Å². The van der Waals surface area contributed by atoms with E-state index in [0.29, 0.717) is 54.0 Å². The Kier molecular flexibility index (Phi) is 9.60. The summed E-state index contributed by atoms with van der Waals surface area (Å²) in [6.45, 7) is 7.93. The highest BCUT2D eigenvalue weighted by atomic mass is 16.5. The predicted octanol–water partition coefficient (Wildman–Crippen LogP) is 9.47. The number of hydrogen-bond donors (Lipinski definition) is 2. The normalized spacial score (nSPS) is 34.1. The first kappa shape index (κ1) is 33.8. The first-order valence-electron chi connectivity index (χ1n) is 18.9. The topological polar surface area (TPSA) is 96.8 Å². The van der Waals surface area contributed by atoms with E-state index in [1.807, 2.05) is 78.9 Å². The van der Waals surface area contributed by atoms with Gasteiger partial charge in [-0.15, -0.1) is 0 Å². The minimum atomic E-state index is -0.0796. The number of nitrogens with two attached hydrogens (primary N) is 2. The number of ether oxygens (including phenoxy) is 3. The van der Waals surface area contributed by atoms with Crippen LogP contribution < -0.4 is 20.9 Å². The summed E-state index contributed by atoms with van der Waals surface area (Å²) in [7, 11) is 0. The standard InChI is InChI=1S/C43H56N2O4/c1-28(9-20-41(46)47-27-29-7-5-4-6-8-29)36-18-19-37-35-26-40(49-33-16-12-31(45)13-17-33)39-25-34(48-32-14-10-30(44)11-15-32)21-23-43(39,3)38(35)22-24-42(36,37)2/h4-8,10-17,28,34-40H,9,18-27,44-45H2,1-3H3/t28-,34?,35+,36-,37+,38+,39?,40?,42-,43-/m1/s1. The van der Waals surface area contributed by atoms with E-state index in [9.17, 15) is 4.79 Å². The van der Waals surface area contributed by atoms with Crippen molar-refractivity contribution in [3.63, 3.8) is 0 Å². The Morgan fingerprint density at radius 3 is 2.08 bits per heavy atom. The quantitative estimate of drug-likeness (QED) is 0.166. The first-order valence-corrected chi connectivity index (χ1v) is 18.9. The lowest BCUT2D eigenvalue weighted by Crippen LogP contribution is -2.59. The van der Waals surface area contributed by atoms with Crippen LogP contribution in [-0.4, -0.2) is 18.2 Å². The first-order chi connectivity index (χ1) is 23.6. The SMILES string of the molecule is C[C@H](CCC(=O)OCc1ccccc1)[C@H]1CC[C@H]2[C@@H]3CC(Oc4ccc(N)cc4)C4CC(Oc5ccc(N)cc5)CC[C@]4(C)[C@H]3CC[C@]12C. The zero-order valence-electron chi connectivity index (χ0n) is 29.7. The van der Waals surface area contributed by atoms with Gasteiger partial charge in [-0.1, -0.05) is 51.1 Å². The lowest BCUT2D eigenvalue weighted by Gasteiger charge is -2.63. The molecular weight excluding hydrogens is 608 g/mol. The number of esters is 1. The number of benzene rings is 3. The summed E-state index contributed by atoms with van der Waals surface area (Å²) in [5, 5.41) is 0. The number of fused-ring (bicyclic) bond motifs is 5. The van der Waals surface area contributed by atoms with E-state index in [1.165, 1.54) is 25.7 Å². The molecule has 0 heterocycles. The molecule has 0 saturated heterocycles. The van der Waals surface area contributed by atoms with E-state index in [1.54, 1.807) is 0 Å². The van der Waals surface area contributed by atoms with Crippen molar-refractivity contribution in [2.75, 3.05) is 11.5 Å². The molecule has 4 fully saturated rings. The van der Waals surface area contributed by atoms with Crippen molar-refractivity contribution in [3.05, 3.63) is 84.4 Å². The van der Waals surface area contributed by atoms with Crippen LogP contribution in [0.2, 0.25) is 0 Å². The predicted molar refractivity (Wildman–Crippen MR) is 196 cm³/mol. The highest BCUT2D eigenvalue weighted by Gasteiger charge is 2.63. The average Bonchev–Trinajstić information content (AvgIpc) is 3.46. The molecule has 3 aromatic carbocycles. The molecule has 3 unspecified atom stereocenters. The molecule has 6 nitrogen and oxygen atoms in total. The molecule has 7 rings (SSSR count). The van der Waals surface area contributed by atoms with Crippen LogP contribution in [-0.2, 0) is 16.1 Å². The largest absolute Gasteiger partial charge is 0.490 e. The number of hydrogen-bond acceptors (Lipinski definition) is 6. The van der Waals surface area contributed by atoms with Crippen LogP contribution in [0.15, 0.2) is 78.9 Å². The van der Waals surface area contributed by atoms with Gasteiger partial charge in [-0.25, -0.2) is 0 Å². The highest BCUT2D eigenvalue weighted by molar-refractivity contribution is 5.69. The second kappa shape index (κ2) is 13.9. The molecule has 49 heavy (non-hydrogen) atoms. The van der Waals surface area contributed by atoms with E-state index in [-0.39, 0.29) is 23.6 Å². The van der Waals surface area contributed by atoms with Crippen molar-refractivity contribution in [2.24, 2.45) is 46.3 Å². The van der Waals surface area contributed by atoms with Gasteiger partial charge >= 0.3 is 5.97 Å². The fourth-order valence-corrected chi connectivity index (χ4v) is 11.3. The van der Waals surface area contributed by atoms with Gasteiger partial charge in [0.1, 0.15) is 24.2 Å². The summed E-state index contributed by atoms with van der Waals surface area (Å²) in [4.78, 5) is 12.7. The van der Waals surface area contributed by atoms with E-state index >= 15 is 0 Å². The van der Waals surface area contributed by atoms with Gasteiger partial charge in [-0.2, -0.15) is 0 Å². The van der Waals surface area contributed by atoms with Crippen LogP contribution in [0, 0.1) is 46.3 Å². The van der Waals surface area contributed by atoms with Crippen molar-refractivity contribution in [1.29, 1.82) is 0 Å². The Balaban J connectivity index is 1.06. The van der Waals surface area contributed by atoms with E-state index in [4.69, 9.17) is 25.7 Å². The number of anilines is 2. The van der Waals surface area contributed by atoms with Crippen molar-refractivity contribution in [2.45, 2.75) is 104 Å². The smallest absolute Gasteiger partial charge is 0.306 e.